The molecule has 0 saturated carbocycles. The van der Waals surface area contributed by atoms with Gasteiger partial charge in [0.2, 0.25) is 0 Å². The number of hydrogen-bond acceptors (Lipinski definition) is 4. The van der Waals surface area contributed by atoms with Gasteiger partial charge in [-0.25, -0.2) is 0 Å². The van der Waals surface area contributed by atoms with Crippen molar-refractivity contribution in [3.05, 3.63) is 78.4 Å². The summed E-state index contributed by atoms with van der Waals surface area (Å²) in [5.74, 6) is -0.287. The Hall–Kier alpha value is -3.52. The van der Waals surface area contributed by atoms with Crippen LogP contribution in [0.15, 0.2) is 72.8 Å². The summed E-state index contributed by atoms with van der Waals surface area (Å²) in [5.41, 5.74) is 10.4. The molecule has 0 radical (unpaired) electrons. The van der Waals surface area contributed by atoms with Gasteiger partial charge >= 0.3 is 6.18 Å². The highest BCUT2D eigenvalue weighted by atomic mass is 19.4. The van der Waals surface area contributed by atoms with Crippen LogP contribution in [0.1, 0.15) is 16.8 Å². The molecule has 0 spiro atoms. The fraction of sp³-hybridized carbons (Fsp3) is 0.240. The summed E-state index contributed by atoms with van der Waals surface area (Å²) in [4.78, 5) is 14.8. The molecule has 1 amide bonds. The first kappa shape index (κ1) is 22.7. The third-order valence-corrected chi connectivity index (χ3v) is 5.68. The predicted molar refractivity (Wildman–Crippen MR) is 125 cm³/mol. The van der Waals surface area contributed by atoms with Crippen molar-refractivity contribution in [2.75, 3.05) is 35.6 Å². The van der Waals surface area contributed by atoms with Crippen LogP contribution in [0, 0.1) is 0 Å². The quantitative estimate of drug-likeness (QED) is 0.463. The number of nitrogens with two attached hydrogens (primary N) is 1. The van der Waals surface area contributed by atoms with Crippen molar-refractivity contribution >= 4 is 23.0 Å². The molecule has 1 atom stereocenters. The Morgan fingerprint density at radius 1 is 1.00 bits per heavy atom. The molecule has 3 aromatic carbocycles. The summed E-state index contributed by atoms with van der Waals surface area (Å²) in [7, 11) is 0. The van der Waals surface area contributed by atoms with Crippen molar-refractivity contribution in [1.82, 2.24) is 5.32 Å². The maximum Gasteiger partial charge on any atom is 0.401 e. The second kappa shape index (κ2) is 9.54. The highest BCUT2D eigenvalue weighted by Crippen LogP contribution is 2.28. The normalized spacial score (nSPS) is 16.1. The highest BCUT2D eigenvalue weighted by molar-refractivity contribution is 6.06. The number of rotatable bonds is 6. The average Bonchev–Trinajstić information content (AvgIpc) is 3.29. The third-order valence-electron chi connectivity index (χ3n) is 5.68. The van der Waals surface area contributed by atoms with Crippen molar-refractivity contribution in [3.63, 3.8) is 0 Å². The molecule has 4 rings (SSSR count). The van der Waals surface area contributed by atoms with Crippen LogP contribution in [-0.2, 0) is 0 Å². The summed E-state index contributed by atoms with van der Waals surface area (Å²) in [6.45, 7) is 0.160. The number of benzene rings is 3. The van der Waals surface area contributed by atoms with Crippen LogP contribution in [0.25, 0.3) is 11.1 Å². The van der Waals surface area contributed by atoms with E-state index in [1.54, 1.807) is 18.2 Å². The van der Waals surface area contributed by atoms with E-state index >= 15 is 0 Å². The summed E-state index contributed by atoms with van der Waals surface area (Å²) < 4.78 is 37.3. The lowest BCUT2D eigenvalue weighted by Gasteiger charge is -2.20. The van der Waals surface area contributed by atoms with Crippen LogP contribution in [0.4, 0.5) is 30.2 Å². The molecule has 0 bridgehead atoms. The number of carbonyl (C=O) groups excluding carboxylic acids is 1. The number of nitrogen functional groups attached to an aromatic ring is 1. The molecule has 0 aromatic heterocycles. The van der Waals surface area contributed by atoms with Gasteiger partial charge in [0, 0.05) is 30.4 Å². The molecule has 0 unspecified atom stereocenters. The maximum absolute atomic E-state index is 12.8. The summed E-state index contributed by atoms with van der Waals surface area (Å²) >= 11 is 0. The van der Waals surface area contributed by atoms with Gasteiger partial charge in [0.05, 0.1) is 17.9 Å². The molecule has 1 aliphatic heterocycles. The van der Waals surface area contributed by atoms with E-state index in [2.05, 4.69) is 10.6 Å². The van der Waals surface area contributed by atoms with E-state index in [1.165, 1.54) is 0 Å². The maximum atomic E-state index is 12.8. The van der Waals surface area contributed by atoms with Gasteiger partial charge in [0.1, 0.15) is 0 Å². The smallest absolute Gasteiger partial charge is 0.397 e. The Balaban J connectivity index is 1.39. The van der Waals surface area contributed by atoms with Gasteiger partial charge in [-0.3, -0.25) is 4.79 Å². The van der Waals surface area contributed by atoms with Gasteiger partial charge in [-0.05, 0) is 53.9 Å². The van der Waals surface area contributed by atoms with Gasteiger partial charge in [-0.1, -0.05) is 36.4 Å². The SMILES string of the molecule is Nc1ccc(-c2ccccc2)cc1NC(=O)c1ccc(N2CC[C@H](NCC(F)(F)F)C2)cc1. The number of nitrogens with zero attached hydrogens (tertiary/aromatic N) is 1. The first-order valence-corrected chi connectivity index (χ1v) is 10.7. The Kier molecular flexibility index (Phi) is 6.55. The Morgan fingerprint density at radius 3 is 2.42 bits per heavy atom. The van der Waals surface area contributed by atoms with Crippen molar-refractivity contribution in [3.8, 4) is 11.1 Å². The summed E-state index contributed by atoms with van der Waals surface area (Å²) in [6.07, 6.45) is -3.58. The van der Waals surface area contributed by atoms with E-state index in [4.69, 9.17) is 5.73 Å². The third kappa shape index (κ3) is 5.84. The molecule has 5 nitrogen and oxygen atoms in total. The van der Waals surface area contributed by atoms with Gasteiger partial charge in [0.15, 0.2) is 0 Å². The summed E-state index contributed by atoms with van der Waals surface area (Å²) in [6, 6.07) is 22.1. The second-order valence-electron chi connectivity index (χ2n) is 8.10. The molecule has 0 aliphatic carbocycles. The number of alkyl halides is 3. The van der Waals surface area contributed by atoms with Crippen molar-refractivity contribution in [2.24, 2.45) is 0 Å². The molecule has 4 N–H and O–H groups in total. The lowest BCUT2D eigenvalue weighted by atomic mass is 10.0. The van der Waals surface area contributed by atoms with Gasteiger partial charge < -0.3 is 21.3 Å². The number of halogens is 3. The van der Waals surface area contributed by atoms with E-state index in [1.807, 2.05) is 59.5 Å². The topological polar surface area (TPSA) is 70.4 Å². The largest absolute Gasteiger partial charge is 0.401 e. The first-order chi connectivity index (χ1) is 15.8. The first-order valence-electron chi connectivity index (χ1n) is 10.7. The zero-order chi connectivity index (χ0) is 23.4. The fourth-order valence-corrected chi connectivity index (χ4v) is 3.91. The zero-order valence-corrected chi connectivity index (χ0v) is 17.9. The molecule has 8 heteroatoms. The molecule has 1 heterocycles. The molecule has 1 fully saturated rings. The van der Waals surface area contributed by atoms with E-state index in [9.17, 15) is 18.0 Å². The van der Waals surface area contributed by atoms with Crippen LogP contribution < -0.4 is 21.3 Å². The number of nitrogens with one attached hydrogen (secondary N) is 2. The lowest BCUT2D eigenvalue weighted by molar-refractivity contribution is -0.125. The van der Waals surface area contributed by atoms with Crippen molar-refractivity contribution in [2.45, 2.75) is 18.6 Å². The monoisotopic (exact) mass is 454 g/mol. The molecule has 33 heavy (non-hydrogen) atoms. The minimum atomic E-state index is -4.22. The Morgan fingerprint density at radius 2 is 1.73 bits per heavy atom. The second-order valence-corrected chi connectivity index (χ2v) is 8.10. The number of carbonyl (C=O) groups is 1. The minimum absolute atomic E-state index is 0.213. The van der Waals surface area contributed by atoms with Crippen LogP contribution in [0.5, 0.6) is 0 Å². The molecule has 172 valence electrons. The molecular formula is C25H25F3N4O. The number of amides is 1. The van der Waals surface area contributed by atoms with Gasteiger partial charge in [-0.2, -0.15) is 13.2 Å². The number of anilines is 3. The van der Waals surface area contributed by atoms with E-state index in [0.717, 1.165) is 16.8 Å². The lowest BCUT2D eigenvalue weighted by Crippen LogP contribution is -2.38. The van der Waals surface area contributed by atoms with Crippen molar-refractivity contribution < 1.29 is 18.0 Å². The van der Waals surface area contributed by atoms with Crippen LogP contribution in [0.3, 0.4) is 0 Å². The van der Waals surface area contributed by atoms with Crippen LogP contribution in [0.2, 0.25) is 0 Å². The van der Waals surface area contributed by atoms with Crippen LogP contribution in [-0.4, -0.2) is 37.8 Å². The molecular weight excluding hydrogens is 429 g/mol. The van der Waals surface area contributed by atoms with E-state index in [0.29, 0.717) is 36.4 Å². The molecule has 3 aromatic rings. The number of hydrogen-bond donors (Lipinski definition) is 3. The fourth-order valence-electron chi connectivity index (χ4n) is 3.91. The Bertz CT molecular complexity index is 1100. The van der Waals surface area contributed by atoms with E-state index in [-0.39, 0.29) is 11.9 Å². The highest BCUT2D eigenvalue weighted by Gasteiger charge is 2.30. The zero-order valence-electron chi connectivity index (χ0n) is 17.9. The molecule has 1 aliphatic rings. The predicted octanol–water partition coefficient (Wildman–Crippen LogP) is 4.92. The van der Waals surface area contributed by atoms with Gasteiger partial charge in [-0.15, -0.1) is 0 Å². The van der Waals surface area contributed by atoms with Crippen LogP contribution >= 0.6 is 0 Å². The van der Waals surface area contributed by atoms with E-state index < -0.39 is 12.7 Å². The average molecular weight is 454 g/mol. The summed E-state index contributed by atoms with van der Waals surface area (Å²) in [5, 5.41) is 5.43. The Labute approximate surface area is 190 Å². The van der Waals surface area contributed by atoms with Crippen molar-refractivity contribution in [1.29, 1.82) is 0 Å². The molecule has 1 saturated heterocycles. The van der Waals surface area contributed by atoms with Gasteiger partial charge in [0.25, 0.3) is 5.91 Å². The standard InChI is InChI=1S/C25H25F3N4O/c26-25(27,28)16-30-20-12-13-32(15-20)21-9-6-18(7-10-21)24(33)31-23-14-19(8-11-22(23)29)17-4-2-1-3-5-17/h1-11,14,20,30H,12-13,15-16,29H2,(H,31,33)/t20-/m0/s1. The minimum Gasteiger partial charge on any atom is -0.397 e.